The summed E-state index contributed by atoms with van der Waals surface area (Å²) in [4.78, 5) is 14.7. The molecule has 0 radical (unpaired) electrons. The van der Waals surface area contributed by atoms with Crippen LogP contribution in [-0.2, 0) is 10.0 Å². The largest absolute Gasteiger partial charge is 0.273 e. The summed E-state index contributed by atoms with van der Waals surface area (Å²) in [6.07, 6.45) is 0. The first-order valence-electron chi connectivity index (χ1n) is 7.59. The molecule has 0 saturated heterocycles. The van der Waals surface area contributed by atoms with Crippen LogP contribution < -0.4 is 10.3 Å². The molecular weight excluding hydrogens is 336 g/mol. The van der Waals surface area contributed by atoms with Crippen LogP contribution in [0.4, 0.5) is 0 Å². The zero-order valence-electron chi connectivity index (χ0n) is 13.2. The molecular formula is C19H16N2O3S. The first-order valence-corrected chi connectivity index (χ1v) is 9.08. The smallest absolute Gasteiger partial charge is 0.266 e. The summed E-state index contributed by atoms with van der Waals surface area (Å²) in [6, 6.07) is 24.3. The average Bonchev–Trinajstić information content (AvgIpc) is 2.67. The van der Waals surface area contributed by atoms with Gasteiger partial charge in [0.25, 0.3) is 15.9 Å². The minimum absolute atomic E-state index is 0.0756. The van der Waals surface area contributed by atoms with Crippen molar-refractivity contribution in [1.82, 2.24) is 10.3 Å². The maximum atomic E-state index is 12.5. The fourth-order valence-electron chi connectivity index (χ4n) is 2.39. The number of benzene rings is 3. The third-order valence-electron chi connectivity index (χ3n) is 3.61. The summed E-state index contributed by atoms with van der Waals surface area (Å²) >= 11 is 0. The van der Waals surface area contributed by atoms with Crippen LogP contribution in [0.3, 0.4) is 0 Å². The van der Waals surface area contributed by atoms with E-state index in [1.165, 1.54) is 12.1 Å². The summed E-state index contributed by atoms with van der Waals surface area (Å²) in [5.41, 5.74) is 4.25. The van der Waals surface area contributed by atoms with Crippen LogP contribution in [0.2, 0.25) is 0 Å². The van der Waals surface area contributed by atoms with Gasteiger partial charge in [0.1, 0.15) is 0 Å². The molecule has 0 bridgehead atoms. The third-order valence-corrected chi connectivity index (χ3v) is 4.87. The lowest BCUT2D eigenvalue weighted by Gasteiger charge is -2.11. The molecule has 0 heterocycles. The van der Waals surface area contributed by atoms with Gasteiger partial charge in [-0.2, -0.15) is 0 Å². The van der Waals surface area contributed by atoms with Crippen LogP contribution in [-0.4, -0.2) is 14.3 Å². The van der Waals surface area contributed by atoms with E-state index in [0.29, 0.717) is 5.56 Å². The Morgan fingerprint density at radius 2 is 1.28 bits per heavy atom. The maximum absolute atomic E-state index is 12.5. The van der Waals surface area contributed by atoms with Crippen molar-refractivity contribution < 1.29 is 13.2 Å². The third kappa shape index (κ3) is 3.93. The van der Waals surface area contributed by atoms with Gasteiger partial charge in [-0.3, -0.25) is 10.2 Å². The summed E-state index contributed by atoms with van der Waals surface area (Å²) in [7, 11) is -3.82. The molecule has 0 fully saturated rings. The standard InChI is InChI=1S/C19H16N2O3S/c22-19(20-21-25(23,24)16-11-5-2-6-12-16)18-14-8-7-13-17(18)15-9-3-1-4-10-15/h1-14,21H,(H,20,22). The zero-order chi connectivity index (χ0) is 17.7. The van der Waals surface area contributed by atoms with Gasteiger partial charge >= 0.3 is 0 Å². The highest BCUT2D eigenvalue weighted by atomic mass is 32.2. The molecule has 3 rings (SSSR count). The summed E-state index contributed by atoms with van der Waals surface area (Å²) in [5, 5.41) is 0. The fraction of sp³-hybridized carbons (Fsp3) is 0. The summed E-state index contributed by atoms with van der Waals surface area (Å²) < 4.78 is 24.4. The Morgan fingerprint density at radius 3 is 1.96 bits per heavy atom. The van der Waals surface area contributed by atoms with Gasteiger partial charge in [-0.15, -0.1) is 4.83 Å². The zero-order valence-corrected chi connectivity index (χ0v) is 14.0. The van der Waals surface area contributed by atoms with Crippen molar-refractivity contribution in [2.75, 3.05) is 0 Å². The van der Waals surface area contributed by atoms with Crippen LogP contribution in [0.1, 0.15) is 10.4 Å². The molecule has 0 saturated carbocycles. The molecule has 1 amide bonds. The molecule has 25 heavy (non-hydrogen) atoms. The minimum atomic E-state index is -3.82. The van der Waals surface area contributed by atoms with Crippen LogP contribution in [0.15, 0.2) is 89.8 Å². The summed E-state index contributed by atoms with van der Waals surface area (Å²) in [6.45, 7) is 0. The summed E-state index contributed by atoms with van der Waals surface area (Å²) in [5.74, 6) is -0.529. The van der Waals surface area contributed by atoms with E-state index in [9.17, 15) is 13.2 Å². The molecule has 3 aromatic rings. The number of hydrazine groups is 1. The van der Waals surface area contributed by atoms with Crippen molar-refractivity contribution in [3.05, 3.63) is 90.5 Å². The number of nitrogens with one attached hydrogen (secondary N) is 2. The van der Waals surface area contributed by atoms with Crippen molar-refractivity contribution in [3.63, 3.8) is 0 Å². The van der Waals surface area contributed by atoms with Crippen molar-refractivity contribution in [3.8, 4) is 11.1 Å². The van der Waals surface area contributed by atoms with Crippen molar-refractivity contribution in [2.45, 2.75) is 4.90 Å². The van der Waals surface area contributed by atoms with E-state index in [4.69, 9.17) is 0 Å². The second-order valence-corrected chi connectivity index (χ2v) is 6.97. The molecule has 0 aliphatic rings. The molecule has 126 valence electrons. The van der Waals surface area contributed by atoms with Gasteiger partial charge in [0, 0.05) is 5.56 Å². The number of carbonyl (C=O) groups excluding carboxylic acids is 1. The molecule has 0 aromatic heterocycles. The SMILES string of the molecule is O=C(NNS(=O)(=O)c1ccccc1)c1ccccc1-c1ccccc1. The van der Waals surface area contributed by atoms with Gasteiger partial charge in [0.2, 0.25) is 0 Å². The fourth-order valence-corrected chi connectivity index (χ4v) is 3.25. The van der Waals surface area contributed by atoms with Crippen molar-refractivity contribution in [1.29, 1.82) is 0 Å². The van der Waals surface area contributed by atoms with Gasteiger partial charge < -0.3 is 0 Å². The van der Waals surface area contributed by atoms with Crippen molar-refractivity contribution in [2.24, 2.45) is 0 Å². The average molecular weight is 352 g/mol. The predicted molar refractivity (Wildman–Crippen MR) is 96.1 cm³/mol. The Labute approximate surface area is 146 Å². The monoisotopic (exact) mass is 352 g/mol. The lowest BCUT2D eigenvalue weighted by atomic mass is 9.99. The second-order valence-electron chi connectivity index (χ2n) is 5.28. The van der Waals surface area contributed by atoms with Gasteiger partial charge in [0.15, 0.2) is 0 Å². The second kappa shape index (κ2) is 7.29. The topological polar surface area (TPSA) is 75.3 Å². The molecule has 0 unspecified atom stereocenters. The molecule has 5 nitrogen and oxygen atoms in total. The highest BCUT2D eigenvalue weighted by molar-refractivity contribution is 7.89. The Hall–Kier alpha value is -2.96. The highest BCUT2D eigenvalue weighted by Crippen LogP contribution is 2.23. The number of rotatable bonds is 5. The molecule has 3 aromatic carbocycles. The van der Waals surface area contributed by atoms with E-state index < -0.39 is 15.9 Å². The van der Waals surface area contributed by atoms with Crippen LogP contribution in [0.25, 0.3) is 11.1 Å². The Morgan fingerprint density at radius 1 is 0.720 bits per heavy atom. The lowest BCUT2D eigenvalue weighted by Crippen LogP contribution is -2.41. The van der Waals surface area contributed by atoms with E-state index in [-0.39, 0.29) is 4.90 Å². The van der Waals surface area contributed by atoms with Gasteiger partial charge in [-0.05, 0) is 29.3 Å². The lowest BCUT2D eigenvalue weighted by molar-refractivity contribution is 0.0946. The van der Waals surface area contributed by atoms with E-state index in [1.807, 2.05) is 42.5 Å². The van der Waals surface area contributed by atoms with Crippen LogP contribution >= 0.6 is 0 Å². The van der Waals surface area contributed by atoms with Gasteiger partial charge in [0.05, 0.1) is 4.90 Å². The number of hydrogen-bond acceptors (Lipinski definition) is 3. The Kier molecular flexibility index (Phi) is 4.92. The molecule has 0 aliphatic heterocycles. The van der Waals surface area contributed by atoms with E-state index in [1.54, 1.807) is 30.3 Å². The molecule has 6 heteroatoms. The number of amides is 1. The van der Waals surface area contributed by atoms with E-state index >= 15 is 0 Å². The van der Waals surface area contributed by atoms with Crippen molar-refractivity contribution >= 4 is 15.9 Å². The molecule has 2 N–H and O–H groups in total. The number of hydrogen-bond donors (Lipinski definition) is 2. The Balaban J connectivity index is 1.81. The van der Waals surface area contributed by atoms with Gasteiger partial charge in [-0.1, -0.05) is 66.7 Å². The van der Waals surface area contributed by atoms with E-state index in [2.05, 4.69) is 10.3 Å². The Bertz CT molecular complexity index is 972. The maximum Gasteiger partial charge on any atom is 0.266 e. The first-order chi connectivity index (χ1) is 12.1. The first kappa shape index (κ1) is 16.9. The van der Waals surface area contributed by atoms with E-state index in [0.717, 1.165) is 11.1 Å². The number of carbonyl (C=O) groups is 1. The molecule has 0 aliphatic carbocycles. The quantitative estimate of drug-likeness (QED) is 0.693. The highest BCUT2D eigenvalue weighted by Gasteiger charge is 2.17. The minimum Gasteiger partial charge on any atom is -0.273 e. The molecule has 0 atom stereocenters. The van der Waals surface area contributed by atoms with Crippen LogP contribution in [0, 0.1) is 0 Å². The number of sulfonamides is 1. The predicted octanol–water partition coefficient (Wildman–Crippen LogP) is 2.98. The molecule has 0 spiro atoms. The van der Waals surface area contributed by atoms with Crippen LogP contribution in [0.5, 0.6) is 0 Å². The van der Waals surface area contributed by atoms with Gasteiger partial charge in [-0.25, -0.2) is 8.42 Å². The normalized spacial score (nSPS) is 11.0.